The lowest BCUT2D eigenvalue weighted by Crippen LogP contribution is -2.29. The van der Waals surface area contributed by atoms with Gasteiger partial charge in [0.25, 0.3) is 5.56 Å². The molecule has 0 atom stereocenters. The summed E-state index contributed by atoms with van der Waals surface area (Å²) in [4.78, 5) is 22.3. The number of hydrogen-bond acceptors (Lipinski definition) is 5. The zero-order valence-corrected chi connectivity index (χ0v) is 17.9. The van der Waals surface area contributed by atoms with E-state index in [0.717, 1.165) is 40.3 Å². The Morgan fingerprint density at radius 1 is 1.13 bits per heavy atom. The quantitative estimate of drug-likeness (QED) is 0.347. The summed E-state index contributed by atoms with van der Waals surface area (Å²) < 4.78 is 12.5. The molecule has 158 valence electrons. The molecule has 6 nitrogen and oxygen atoms in total. The summed E-state index contributed by atoms with van der Waals surface area (Å²) in [7, 11) is 1.57. The lowest BCUT2D eigenvalue weighted by molar-refractivity contribution is 0.0685. The number of methoxy groups -OCH3 is 1. The van der Waals surface area contributed by atoms with Crippen LogP contribution in [-0.4, -0.2) is 34.9 Å². The summed E-state index contributed by atoms with van der Waals surface area (Å²) >= 11 is 6.18. The molecular formula is C24H22ClN3O3. The van der Waals surface area contributed by atoms with E-state index in [4.69, 9.17) is 26.1 Å². The summed E-state index contributed by atoms with van der Waals surface area (Å²) in [6.45, 7) is 1.34. The van der Waals surface area contributed by atoms with Crippen LogP contribution in [-0.2, 0) is 11.2 Å². The number of ether oxygens (including phenoxy) is 2. The summed E-state index contributed by atoms with van der Waals surface area (Å²) in [5, 5.41) is 3.05. The van der Waals surface area contributed by atoms with Crippen molar-refractivity contribution in [2.45, 2.75) is 25.3 Å². The van der Waals surface area contributed by atoms with E-state index in [-0.39, 0.29) is 11.6 Å². The Morgan fingerprint density at radius 2 is 1.90 bits per heavy atom. The summed E-state index contributed by atoms with van der Waals surface area (Å²) in [6.07, 6.45) is 3.94. The molecule has 0 aliphatic carbocycles. The molecule has 1 aliphatic heterocycles. The van der Waals surface area contributed by atoms with Crippen LogP contribution in [0.2, 0.25) is 5.15 Å². The van der Waals surface area contributed by atoms with Crippen LogP contribution in [0.25, 0.3) is 21.7 Å². The van der Waals surface area contributed by atoms with Gasteiger partial charge in [-0.05, 0) is 47.9 Å². The molecule has 7 heteroatoms. The number of aromatic nitrogens is 3. The maximum Gasteiger partial charge on any atom is 0.261 e. The van der Waals surface area contributed by atoms with Crippen molar-refractivity contribution in [3.8, 4) is 5.88 Å². The highest BCUT2D eigenvalue weighted by Crippen LogP contribution is 2.29. The lowest BCUT2D eigenvalue weighted by atomic mass is 9.96. The van der Waals surface area contributed by atoms with Crippen LogP contribution in [0.1, 0.15) is 30.0 Å². The molecule has 0 amide bonds. The number of benzene rings is 2. The van der Waals surface area contributed by atoms with Gasteiger partial charge < -0.3 is 9.47 Å². The third-order valence-corrected chi connectivity index (χ3v) is 6.09. The van der Waals surface area contributed by atoms with Gasteiger partial charge in [0.2, 0.25) is 5.88 Å². The first kappa shape index (κ1) is 20.0. The predicted octanol–water partition coefficient (Wildman–Crippen LogP) is 4.55. The topological polar surface area (TPSA) is 66.2 Å². The predicted molar refractivity (Wildman–Crippen MR) is 121 cm³/mol. The molecule has 5 rings (SSSR count). The summed E-state index contributed by atoms with van der Waals surface area (Å²) in [6, 6.07) is 13.9. The van der Waals surface area contributed by atoms with Crippen molar-refractivity contribution in [2.75, 3.05) is 20.3 Å². The minimum absolute atomic E-state index is 0.00533. The highest BCUT2D eigenvalue weighted by atomic mass is 35.5. The maximum absolute atomic E-state index is 13.5. The number of halogens is 1. The third-order valence-electron chi connectivity index (χ3n) is 5.90. The number of fused-ring (bicyclic) bond motifs is 3. The van der Waals surface area contributed by atoms with Gasteiger partial charge in [-0.2, -0.15) is 0 Å². The van der Waals surface area contributed by atoms with Crippen LogP contribution < -0.4 is 10.3 Å². The summed E-state index contributed by atoms with van der Waals surface area (Å²) in [5.41, 5.74) is 2.73. The summed E-state index contributed by atoms with van der Waals surface area (Å²) in [5.74, 6) is 0.469. The molecule has 0 bridgehead atoms. The van der Waals surface area contributed by atoms with Gasteiger partial charge in [-0.15, -0.1) is 0 Å². The first-order valence-electron chi connectivity index (χ1n) is 10.3. The van der Waals surface area contributed by atoms with E-state index in [1.54, 1.807) is 18.0 Å². The van der Waals surface area contributed by atoms with Crippen LogP contribution in [0.5, 0.6) is 5.88 Å². The first-order valence-corrected chi connectivity index (χ1v) is 10.7. The molecule has 0 N–H and O–H groups in total. The van der Waals surface area contributed by atoms with Crippen molar-refractivity contribution in [3.63, 3.8) is 0 Å². The van der Waals surface area contributed by atoms with Crippen molar-refractivity contribution in [3.05, 3.63) is 75.4 Å². The molecule has 31 heavy (non-hydrogen) atoms. The van der Waals surface area contributed by atoms with E-state index in [0.29, 0.717) is 36.1 Å². The minimum Gasteiger partial charge on any atom is -0.481 e. The second-order valence-electron chi connectivity index (χ2n) is 7.80. The Balaban J connectivity index is 1.69. The van der Waals surface area contributed by atoms with Crippen molar-refractivity contribution in [1.82, 2.24) is 14.5 Å². The molecule has 2 aromatic carbocycles. The first-order chi connectivity index (χ1) is 15.1. The van der Waals surface area contributed by atoms with Crippen LogP contribution in [0, 0.1) is 0 Å². The molecule has 0 saturated carbocycles. The van der Waals surface area contributed by atoms with Gasteiger partial charge in [0, 0.05) is 30.7 Å². The van der Waals surface area contributed by atoms with Crippen molar-refractivity contribution >= 4 is 33.3 Å². The fourth-order valence-corrected chi connectivity index (χ4v) is 4.59. The number of pyridine rings is 1. The molecule has 1 aliphatic rings. The normalized spacial score (nSPS) is 14.9. The van der Waals surface area contributed by atoms with Gasteiger partial charge in [0.15, 0.2) is 0 Å². The monoisotopic (exact) mass is 435 g/mol. The second kappa shape index (κ2) is 8.29. The van der Waals surface area contributed by atoms with E-state index in [2.05, 4.69) is 11.1 Å². The van der Waals surface area contributed by atoms with Gasteiger partial charge >= 0.3 is 0 Å². The largest absolute Gasteiger partial charge is 0.481 e. The lowest BCUT2D eigenvalue weighted by Gasteiger charge is -2.24. The number of hydrogen-bond donors (Lipinski definition) is 0. The molecular weight excluding hydrogens is 414 g/mol. The van der Waals surface area contributed by atoms with Crippen LogP contribution in [0.4, 0.5) is 0 Å². The number of nitrogens with zero attached hydrogens (tertiary/aromatic N) is 3. The van der Waals surface area contributed by atoms with Crippen molar-refractivity contribution < 1.29 is 9.47 Å². The van der Waals surface area contributed by atoms with Gasteiger partial charge in [-0.3, -0.25) is 9.36 Å². The Labute approximate surface area is 184 Å². The van der Waals surface area contributed by atoms with Crippen molar-refractivity contribution in [2.24, 2.45) is 0 Å². The van der Waals surface area contributed by atoms with Gasteiger partial charge in [-0.1, -0.05) is 35.9 Å². The third kappa shape index (κ3) is 3.77. The fraction of sp³-hybridized carbons (Fsp3) is 0.292. The van der Waals surface area contributed by atoms with Crippen LogP contribution in [0.15, 0.2) is 53.6 Å². The average molecular weight is 436 g/mol. The molecule has 3 heterocycles. The molecule has 4 aromatic rings. The molecule has 0 spiro atoms. The van der Waals surface area contributed by atoms with E-state index >= 15 is 0 Å². The van der Waals surface area contributed by atoms with Gasteiger partial charge in [0.1, 0.15) is 5.15 Å². The maximum atomic E-state index is 13.5. The van der Waals surface area contributed by atoms with E-state index in [1.165, 1.54) is 0 Å². The fourth-order valence-electron chi connectivity index (χ4n) is 4.37. The molecule has 1 fully saturated rings. The average Bonchev–Trinajstić information content (AvgIpc) is 2.80. The SMILES string of the molecule is COc1cc(Cc2cc3c(=O)n(C4CCOCC4)cnc3c3ccccc23)cc(Cl)n1. The molecule has 0 unspecified atom stereocenters. The van der Waals surface area contributed by atoms with Crippen LogP contribution in [0.3, 0.4) is 0 Å². The van der Waals surface area contributed by atoms with Crippen molar-refractivity contribution in [1.29, 1.82) is 0 Å². The molecule has 0 radical (unpaired) electrons. The zero-order valence-electron chi connectivity index (χ0n) is 17.2. The highest BCUT2D eigenvalue weighted by Gasteiger charge is 2.19. The Morgan fingerprint density at radius 3 is 2.68 bits per heavy atom. The van der Waals surface area contributed by atoms with Gasteiger partial charge in [-0.25, -0.2) is 9.97 Å². The van der Waals surface area contributed by atoms with Gasteiger partial charge in [0.05, 0.1) is 24.3 Å². The second-order valence-corrected chi connectivity index (χ2v) is 8.18. The van der Waals surface area contributed by atoms with E-state index in [1.807, 2.05) is 36.4 Å². The van der Waals surface area contributed by atoms with E-state index in [9.17, 15) is 4.79 Å². The molecule has 2 aromatic heterocycles. The Hall–Kier alpha value is -2.96. The smallest absolute Gasteiger partial charge is 0.261 e. The highest BCUT2D eigenvalue weighted by molar-refractivity contribution is 6.29. The number of rotatable bonds is 4. The minimum atomic E-state index is -0.00533. The standard InChI is InChI=1S/C24H22ClN3O3/c1-30-22-12-15(11-21(25)27-22)10-16-13-20-23(19-5-3-2-4-18(16)19)26-14-28(24(20)29)17-6-8-31-9-7-17/h2-5,11-14,17H,6-10H2,1H3. The zero-order chi connectivity index (χ0) is 21.4. The Bertz CT molecular complexity index is 1330. The van der Waals surface area contributed by atoms with E-state index < -0.39 is 0 Å². The Kier molecular flexibility index (Phi) is 5.34. The van der Waals surface area contributed by atoms with Crippen LogP contribution >= 0.6 is 11.6 Å². The molecule has 1 saturated heterocycles.